The van der Waals surface area contributed by atoms with Crippen LogP contribution in [0.15, 0.2) is 42.7 Å². The van der Waals surface area contributed by atoms with Crippen molar-refractivity contribution in [3.8, 4) is 0 Å². The predicted molar refractivity (Wildman–Crippen MR) is 99.7 cm³/mol. The standard InChI is InChI=1S/C19H22N4O3/c1-22-6-8-23(9-7-22)17-11-15(12-20-13-17)18(24)21-16-5-3-4-14(10-16)19(25)26-2/h3-5,10-13H,6-9H2,1-2H3,(H,21,24). The number of pyridine rings is 1. The number of ether oxygens (including phenoxy) is 1. The fourth-order valence-electron chi connectivity index (χ4n) is 2.83. The van der Waals surface area contributed by atoms with Gasteiger partial charge >= 0.3 is 5.97 Å². The van der Waals surface area contributed by atoms with E-state index in [0.29, 0.717) is 16.8 Å². The van der Waals surface area contributed by atoms with E-state index in [1.165, 1.54) is 7.11 Å². The van der Waals surface area contributed by atoms with Crippen molar-refractivity contribution in [2.24, 2.45) is 0 Å². The molecular weight excluding hydrogens is 332 g/mol. The molecule has 1 saturated heterocycles. The van der Waals surface area contributed by atoms with E-state index in [1.54, 1.807) is 36.7 Å². The second kappa shape index (κ2) is 7.97. The molecule has 0 unspecified atom stereocenters. The number of likely N-dealkylation sites (N-methyl/N-ethyl adjacent to an activating group) is 1. The molecule has 0 bridgehead atoms. The first-order valence-electron chi connectivity index (χ1n) is 8.45. The number of nitrogens with zero attached hydrogens (tertiary/aromatic N) is 3. The number of rotatable bonds is 4. The topological polar surface area (TPSA) is 74.8 Å². The van der Waals surface area contributed by atoms with Gasteiger partial charge in [-0.05, 0) is 31.3 Å². The largest absolute Gasteiger partial charge is 0.465 e. The normalized spacial score (nSPS) is 14.8. The number of hydrogen-bond donors (Lipinski definition) is 1. The number of aromatic nitrogens is 1. The molecule has 1 aliphatic heterocycles. The van der Waals surface area contributed by atoms with Crippen LogP contribution in [0.5, 0.6) is 0 Å². The number of hydrogen-bond acceptors (Lipinski definition) is 6. The van der Waals surface area contributed by atoms with Gasteiger partial charge in [-0.25, -0.2) is 4.79 Å². The van der Waals surface area contributed by atoms with E-state index in [2.05, 4.69) is 27.1 Å². The van der Waals surface area contributed by atoms with Gasteiger partial charge < -0.3 is 19.9 Å². The molecule has 1 aliphatic rings. The summed E-state index contributed by atoms with van der Waals surface area (Å²) in [4.78, 5) is 32.9. The van der Waals surface area contributed by atoms with Crippen LogP contribution in [0.4, 0.5) is 11.4 Å². The molecule has 3 rings (SSSR count). The molecule has 2 aromatic rings. The fraction of sp³-hybridized carbons (Fsp3) is 0.316. The maximum atomic E-state index is 12.6. The second-order valence-electron chi connectivity index (χ2n) is 6.25. The van der Waals surface area contributed by atoms with E-state index >= 15 is 0 Å². The van der Waals surface area contributed by atoms with Gasteiger partial charge in [0.25, 0.3) is 5.91 Å². The highest BCUT2D eigenvalue weighted by molar-refractivity contribution is 6.05. The zero-order valence-electron chi connectivity index (χ0n) is 14.9. The molecule has 7 heteroatoms. The Bertz CT molecular complexity index is 801. The van der Waals surface area contributed by atoms with Gasteiger partial charge in [-0.1, -0.05) is 6.07 Å². The monoisotopic (exact) mass is 354 g/mol. The average Bonchev–Trinajstić information content (AvgIpc) is 2.68. The number of carbonyl (C=O) groups excluding carboxylic acids is 2. The molecule has 1 N–H and O–H groups in total. The maximum absolute atomic E-state index is 12.6. The van der Waals surface area contributed by atoms with Crippen molar-refractivity contribution in [2.75, 3.05) is 50.6 Å². The number of piperazine rings is 1. The van der Waals surface area contributed by atoms with Gasteiger partial charge in [-0.15, -0.1) is 0 Å². The summed E-state index contributed by atoms with van der Waals surface area (Å²) in [6.45, 7) is 3.78. The SMILES string of the molecule is COC(=O)c1cccc(NC(=O)c2cncc(N3CCN(C)CC3)c2)c1. The lowest BCUT2D eigenvalue weighted by molar-refractivity contribution is 0.0600. The Hall–Kier alpha value is -2.93. The first-order valence-corrected chi connectivity index (χ1v) is 8.45. The third kappa shape index (κ3) is 4.18. The molecule has 26 heavy (non-hydrogen) atoms. The summed E-state index contributed by atoms with van der Waals surface area (Å²) in [6.07, 6.45) is 3.32. The first-order chi connectivity index (χ1) is 12.6. The highest BCUT2D eigenvalue weighted by atomic mass is 16.5. The number of nitrogens with one attached hydrogen (secondary N) is 1. The Kier molecular flexibility index (Phi) is 5.48. The lowest BCUT2D eigenvalue weighted by atomic mass is 10.2. The van der Waals surface area contributed by atoms with Crippen molar-refractivity contribution in [3.63, 3.8) is 0 Å². The molecule has 0 aliphatic carbocycles. The number of carbonyl (C=O) groups is 2. The molecule has 1 amide bonds. The van der Waals surface area contributed by atoms with Gasteiger partial charge in [0.15, 0.2) is 0 Å². The summed E-state index contributed by atoms with van der Waals surface area (Å²) >= 11 is 0. The van der Waals surface area contributed by atoms with Gasteiger partial charge in [0.1, 0.15) is 0 Å². The highest BCUT2D eigenvalue weighted by Gasteiger charge is 2.16. The molecular formula is C19H22N4O3. The Morgan fingerprint density at radius 1 is 1.08 bits per heavy atom. The van der Waals surface area contributed by atoms with Gasteiger partial charge in [0.05, 0.1) is 30.1 Å². The van der Waals surface area contributed by atoms with Gasteiger partial charge in [0, 0.05) is 38.1 Å². The number of methoxy groups -OCH3 is 1. The lowest BCUT2D eigenvalue weighted by Gasteiger charge is -2.33. The molecule has 0 atom stereocenters. The number of anilines is 2. The van der Waals surface area contributed by atoms with Crippen LogP contribution in [-0.2, 0) is 4.74 Å². The molecule has 7 nitrogen and oxygen atoms in total. The Morgan fingerprint density at radius 3 is 2.58 bits per heavy atom. The third-order valence-corrected chi connectivity index (χ3v) is 4.40. The summed E-state index contributed by atoms with van der Waals surface area (Å²) in [5.41, 5.74) is 2.33. The van der Waals surface area contributed by atoms with E-state index in [1.807, 2.05) is 6.07 Å². The molecule has 1 fully saturated rings. The van der Waals surface area contributed by atoms with Crippen LogP contribution in [-0.4, -0.2) is 62.1 Å². The molecule has 0 radical (unpaired) electrons. The molecule has 136 valence electrons. The predicted octanol–water partition coefficient (Wildman–Crippen LogP) is 1.87. The molecule has 2 heterocycles. The average molecular weight is 354 g/mol. The first kappa shape index (κ1) is 17.9. The summed E-state index contributed by atoms with van der Waals surface area (Å²) in [5, 5.41) is 2.80. The molecule has 1 aromatic heterocycles. The second-order valence-corrected chi connectivity index (χ2v) is 6.25. The summed E-state index contributed by atoms with van der Waals surface area (Å²) < 4.78 is 4.70. The Morgan fingerprint density at radius 2 is 1.85 bits per heavy atom. The zero-order valence-corrected chi connectivity index (χ0v) is 14.9. The van der Waals surface area contributed by atoms with Crippen LogP contribution in [0.1, 0.15) is 20.7 Å². The Labute approximate surface area is 152 Å². The Balaban J connectivity index is 1.72. The van der Waals surface area contributed by atoms with Crippen LogP contribution in [0, 0.1) is 0 Å². The van der Waals surface area contributed by atoms with Crippen molar-refractivity contribution < 1.29 is 14.3 Å². The minimum Gasteiger partial charge on any atom is -0.465 e. The van der Waals surface area contributed by atoms with Crippen LogP contribution in [0.25, 0.3) is 0 Å². The van der Waals surface area contributed by atoms with Gasteiger partial charge in [-0.2, -0.15) is 0 Å². The van der Waals surface area contributed by atoms with Gasteiger partial charge in [-0.3, -0.25) is 9.78 Å². The molecule has 0 saturated carbocycles. The molecule has 0 spiro atoms. The van der Waals surface area contributed by atoms with Gasteiger partial charge in [0.2, 0.25) is 0 Å². The van der Waals surface area contributed by atoms with E-state index < -0.39 is 5.97 Å². The number of esters is 1. The van der Waals surface area contributed by atoms with E-state index in [0.717, 1.165) is 31.9 Å². The summed E-state index contributed by atoms with van der Waals surface area (Å²) in [5.74, 6) is -0.713. The quantitative estimate of drug-likeness (QED) is 0.845. The highest BCUT2D eigenvalue weighted by Crippen LogP contribution is 2.18. The van der Waals surface area contributed by atoms with Crippen LogP contribution >= 0.6 is 0 Å². The van der Waals surface area contributed by atoms with Crippen molar-refractivity contribution >= 4 is 23.3 Å². The van der Waals surface area contributed by atoms with Crippen molar-refractivity contribution in [1.82, 2.24) is 9.88 Å². The fourth-order valence-corrected chi connectivity index (χ4v) is 2.83. The lowest BCUT2D eigenvalue weighted by Crippen LogP contribution is -2.44. The van der Waals surface area contributed by atoms with E-state index in [4.69, 9.17) is 4.74 Å². The van der Waals surface area contributed by atoms with Crippen LogP contribution < -0.4 is 10.2 Å². The third-order valence-electron chi connectivity index (χ3n) is 4.40. The molecule has 1 aromatic carbocycles. The van der Waals surface area contributed by atoms with Crippen molar-refractivity contribution in [2.45, 2.75) is 0 Å². The minimum absolute atomic E-state index is 0.268. The van der Waals surface area contributed by atoms with E-state index in [9.17, 15) is 9.59 Å². The smallest absolute Gasteiger partial charge is 0.337 e. The summed E-state index contributed by atoms with van der Waals surface area (Å²) in [6, 6.07) is 8.49. The minimum atomic E-state index is -0.445. The van der Waals surface area contributed by atoms with Crippen LogP contribution in [0.3, 0.4) is 0 Å². The zero-order chi connectivity index (χ0) is 18.5. The number of amides is 1. The maximum Gasteiger partial charge on any atom is 0.337 e. The van der Waals surface area contributed by atoms with E-state index in [-0.39, 0.29) is 5.91 Å². The van der Waals surface area contributed by atoms with Crippen LogP contribution in [0.2, 0.25) is 0 Å². The summed E-state index contributed by atoms with van der Waals surface area (Å²) in [7, 11) is 3.42. The number of benzene rings is 1. The van der Waals surface area contributed by atoms with Crippen molar-refractivity contribution in [1.29, 1.82) is 0 Å². The van der Waals surface area contributed by atoms with Crippen molar-refractivity contribution in [3.05, 3.63) is 53.9 Å².